The van der Waals surface area contributed by atoms with Gasteiger partial charge in [0.05, 0.1) is 13.2 Å². The van der Waals surface area contributed by atoms with Crippen LogP contribution in [0.2, 0.25) is 0 Å². The molecule has 0 aliphatic rings. The average molecular weight is 838 g/mol. The second-order valence-corrected chi connectivity index (χ2v) is 17.1. The predicted octanol–water partition coefficient (Wildman–Crippen LogP) is 13.9. The Hall–Kier alpha value is -2.03. The molecule has 0 heterocycles. The third-order valence-electron chi connectivity index (χ3n) is 9.97. The van der Waals surface area contributed by atoms with E-state index in [1.54, 1.807) is 0 Å². The highest BCUT2D eigenvalue weighted by molar-refractivity contribution is 7.47. The van der Waals surface area contributed by atoms with Gasteiger partial charge in [0.1, 0.15) is 6.61 Å². The third kappa shape index (κ3) is 43.5. The first-order valence-electron chi connectivity index (χ1n) is 23.6. The molecule has 1 unspecified atom stereocenters. The first kappa shape index (κ1) is 56.0. The lowest BCUT2D eigenvalue weighted by Gasteiger charge is -2.19. The molecule has 3 N–H and O–H groups in total. The number of phosphoric acid groups is 1. The maximum atomic E-state index is 12.6. The lowest BCUT2D eigenvalue weighted by Crippen LogP contribution is -2.29. The van der Waals surface area contributed by atoms with Gasteiger partial charge in [-0.2, -0.15) is 0 Å². The Morgan fingerprint density at radius 3 is 1.38 bits per heavy atom. The van der Waals surface area contributed by atoms with Crippen molar-refractivity contribution >= 4 is 19.8 Å². The number of unbranched alkanes of at least 4 members (excludes halogenated alkanes) is 23. The van der Waals surface area contributed by atoms with Crippen LogP contribution in [0.1, 0.15) is 213 Å². The number of phosphoric ester groups is 1. The Labute approximate surface area is 356 Å². The maximum Gasteiger partial charge on any atom is 0.472 e. The zero-order valence-electron chi connectivity index (χ0n) is 37.3. The van der Waals surface area contributed by atoms with Crippen molar-refractivity contribution in [3.8, 4) is 0 Å². The summed E-state index contributed by atoms with van der Waals surface area (Å²) in [4.78, 5) is 34.9. The smallest absolute Gasteiger partial charge is 0.462 e. The summed E-state index contributed by atoms with van der Waals surface area (Å²) >= 11 is 0. The van der Waals surface area contributed by atoms with Gasteiger partial charge in [-0.3, -0.25) is 18.6 Å². The minimum Gasteiger partial charge on any atom is -0.462 e. The standard InChI is InChI=1S/C48H88NO8P/c1-3-5-7-9-11-13-15-17-19-21-22-23-24-25-27-28-30-32-34-36-38-40-47(50)54-44-46(45-56-58(52,53)55-43-42-49)57-48(51)41-39-37-35-33-31-29-26-20-18-16-14-12-10-8-6-4-2/h19,21,23-24,27-28,32,34,46H,3-18,20,22,25-26,29-31,33,35-45,49H2,1-2H3,(H,52,53)/b21-19+,24-23+,28-27+,34-32+/t46-/m0/s1. The molecular weight excluding hydrogens is 750 g/mol. The molecular formula is C48H88NO8P. The van der Waals surface area contributed by atoms with Crippen molar-refractivity contribution < 1.29 is 37.6 Å². The van der Waals surface area contributed by atoms with Crippen molar-refractivity contribution in [1.82, 2.24) is 0 Å². The molecule has 0 aliphatic heterocycles. The summed E-state index contributed by atoms with van der Waals surface area (Å²) in [6.07, 6.45) is 51.5. The van der Waals surface area contributed by atoms with Gasteiger partial charge in [-0.25, -0.2) is 4.57 Å². The Kier molecular flexibility index (Phi) is 43.0. The third-order valence-corrected chi connectivity index (χ3v) is 11.0. The molecule has 0 fully saturated rings. The van der Waals surface area contributed by atoms with Crippen LogP contribution in [-0.4, -0.2) is 49.3 Å². The quantitative estimate of drug-likeness (QED) is 0.0266. The van der Waals surface area contributed by atoms with Crippen LogP contribution in [0.15, 0.2) is 48.6 Å². The van der Waals surface area contributed by atoms with E-state index in [-0.39, 0.29) is 32.6 Å². The molecule has 338 valence electrons. The molecule has 0 saturated heterocycles. The number of allylic oxidation sites excluding steroid dienone is 8. The van der Waals surface area contributed by atoms with Gasteiger partial charge < -0.3 is 20.1 Å². The van der Waals surface area contributed by atoms with E-state index >= 15 is 0 Å². The van der Waals surface area contributed by atoms with Crippen molar-refractivity contribution in [3.05, 3.63) is 48.6 Å². The summed E-state index contributed by atoms with van der Waals surface area (Å²) in [6, 6.07) is 0. The van der Waals surface area contributed by atoms with Crippen molar-refractivity contribution in [3.63, 3.8) is 0 Å². The maximum absolute atomic E-state index is 12.6. The second kappa shape index (κ2) is 44.5. The molecule has 10 heteroatoms. The van der Waals surface area contributed by atoms with E-state index in [1.807, 2.05) is 0 Å². The molecule has 58 heavy (non-hydrogen) atoms. The van der Waals surface area contributed by atoms with Crippen LogP contribution in [0.4, 0.5) is 0 Å². The summed E-state index contributed by atoms with van der Waals surface area (Å²) in [7, 11) is -4.39. The van der Waals surface area contributed by atoms with Crippen molar-refractivity contribution in [2.75, 3.05) is 26.4 Å². The minimum atomic E-state index is -4.39. The Balaban J connectivity index is 4.19. The van der Waals surface area contributed by atoms with Crippen molar-refractivity contribution in [2.24, 2.45) is 5.73 Å². The second-order valence-electron chi connectivity index (χ2n) is 15.6. The molecule has 0 saturated carbocycles. The number of carbonyl (C=O) groups excluding carboxylic acids is 2. The fraction of sp³-hybridized carbons (Fsp3) is 0.792. The topological polar surface area (TPSA) is 134 Å². The van der Waals surface area contributed by atoms with E-state index in [9.17, 15) is 19.0 Å². The monoisotopic (exact) mass is 838 g/mol. The number of hydrogen-bond acceptors (Lipinski definition) is 8. The summed E-state index contributed by atoms with van der Waals surface area (Å²) in [5.41, 5.74) is 5.35. The first-order valence-corrected chi connectivity index (χ1v) is 25.1. The molecule has 2 atom stereocenters. The zero-order chi connectivity index (χ0) is 42.5. The fourth-order valence-corrected chi connectivity index (χ4v) is 7.22. The van der Waals surface area contributed by atoms with Gasteiger partial charge in [0.15, 0.2) is 6.10 Å². The van der Waals surface area contributed by atoms with Crippen LogP contribution < -0.4 is 5.73 Å². The molecule has 0 bridgehead atoms. The SMILES string of the molecule is CCCCCCCCC/C=C/C/C=C/C/C=C/C/C=C/CCCC(=O)OC[C@@H](COP(=O)(O)OCCN)OC(=O)CCCCCCCCCCCCCCCCCC. The highest BCUT2D eigenvalue weighted by Crippen LogP contribution is 2.43. The van der Waals surface area contributed by atoms with Crippen LogP contribution in [0.25, 0.3) is 0 Å². The summed E-state index contributed by atoms with van der Waals surface area (Å²) < 4.78 is 32.8. The van der Waals surface area contributed by atoms with Crippen LogP contribution in [0.5, 0.6) is 0 Å². The lowest BCUT2D eigenvalue weighted by atomic mass is 10.0. The predicted molar refractivity (Wildman–Crippen MR) is 243 cm³/mol. The normalized spacial score (nSPS) is 13.7. The first-order chi connectivity index (χ1) is 28.3. The zero-order valence-corrected chi connectivity index (χ0v) is 38.2. The van der Waals surface area contributed by atoms with Gasteiger partial charge in [-0.15, -0.1) is 0 Å². The molecule has 0 spiro atoms. The number of carbonyl (C=O) groups is 2. The van der Waals surface area contributed by atoms with Crippen molar-refractivity contribution in [2.45, 2.75) is 219 Å². The van der Waals surface area contributed by atoms with Crippen LogP contribution >= 0.6 is 7.82 Å². The molecule has 9 nitrogen and oxygen atoms in total. The van der Waals surface area contributed by atoms with Crippen LogP contribution in [0, 0.1) is 0 Å². The van der Waals surface area contributed by atoms with E-state index in [0.717, 1.165) is 44.9 Å². The summed E-state index contributed by atoms with van der Waals surface area (Å²) in [6.45, 7) is 3.69. The number of esters is 2. The number of hydrogen-bond donors (Lipinski definition) is 2. The molecule has 0 amide bonds. The van der Waals surface area contributed by atoms with Gasteiger partial charge in [0.25, 0.3) is 0 Å². The molecule has 0 aromatic carbocycles. The molecule has 0 rings (SSSR count). The molecule has 0 aromatic heterocycles. The number of ether oxygens (including phenoxy) is 2. The van der Waals surface area contributed by atoms with Gasteiger partial charge in [0.2, 0.25) is 0 Å². The van der Waals surface area contributed by atoms with Gasteiger partial charge >= 0.3 is 19.8 Å². The number of rotatable bonds is 44. The average Bonchev–Trinajstić information content (AvgIpc) is 3.21. The fourth-order valence-electron chi connectivity index (χ4n) is 6.45. The largest absolute Gasteiger partial charge is 0.472 e. The van der Waals surface area contributed by atoms with Crippen molar-refractivity contribution in [1.29, 1.82) is 0 Å². The van der Waals surface area contributed by atoms with E-state index < -0.39 is 32.5 Å². The molecule has 0 aromatic rings. The van der Waals surface area contributed by atoms with E-state index in [4.69, 9.17) is 24.3 Å². The highest BCUT2D eigenvalue weighted by atomic mass is 31.2. The Morgan fingerprint density at radius 1 is 0.517 bits per heavy atom. The molecule has 0 radical (unpaired) electrons. The summed E-state index contributed by atoms with van der Waals surface area (Å²) in [5.74, 6) is -0.888. The highest BCUT2D eigenvalue weighted by Gasteiger charge is 2.26. The molecule has 0 aliphatic carbocycles. The van der Waals surface area contributed by atoms with E-state index in [0.29, 0.717) is 12.8 Å². The van der Waals surface area contributed by atoms with Crippen LogP contribution in [-0.2, 0) is 32.7 Å². The lowest BCUT2D eigenvalue weighted by molar-refractivity contribution is -0.161. The Morgan fingerprint density at radius 2 is 0.914 bits per heavy atom. The van der Waals surface area contributed by atoms with Gasteiger partial charge in [-0.05, 0) is 51.4 Å². The minimum absolute atomic E-state index is 0.0461. The van der Waals surface area contributed by atoms with E-state index in [2.05, 4.69) is 62.5 Å². The van der Waals surface area contributed by atoms with Gasteiger partial charge in [0, 0.05) is 19.4 Å². The van der Waals surface area contributed by atoms with Gasteiger partial charge in [-0.1, -0.05) is 197 Å². The van der Waals surface area contributed by atoms with E-state index in [1.165, 1.54) is 128 Å². The Bertz CT molecular complexity index is 1090. The van der Waals surface area contributed by atoms with Crippen LogP contribution in [0.3, 0.4) is 0 Å². The summed E-state index contributed by atoms with van der Waals surface area (Å²) in [5, 5.41) is 0. The number of nitrogens with two attached hydrogens (primary N) is 1.